The maximum absolute atomic E-state index is 13.2. The number of halogens is 4. The van der Waals surface area contributed by atoms with E-state index in [1.165, 1.54) is 12.1 Å². The largest absolute Gasteiger partial charge is 0.478 e. The normalized spacial score (nSPS) is 18.2. The van der Waals surface area contributed by atoms with Crippen molar-refractivity contribution in [2.75, 3.05) is 0 Å². The van der Waals surface area contributed by atoms with Gasteiger partial charge >= 0.3 is 12.1 Å². The topological polar surface area (TPSA) is 75.6 Å². The van der Waals surface area contributed by atoms with E-state index < -0.39 is 33.5 Å². The van der Waals surface area contributed by atoms with Crippen LogP contribution in [0.5, 0.6) is 5.75 Å². The van der Waals surface area contributed by atoms with Crippen LogP contribution in [0.3, 0.4) is 0 Å². The van der Waals surface area contributed by atoms with Crippen LogP contribution < -0.4 is 9.46 Å². The molecule has 0 spiro atoms. The molecule has 0 saturated carbocycles. The van der Waals surface area contributed by atoms with Crippen LogP contribution in [0.25, 0.3) is 6.08 Å². The Morgan fingerprint density at radius 1 is 1.28 bits per heavy atom. The van der Waals surface area contributed by atoms with Gasteiger partial charge in [-0.25, -0.2) is 13.7 Å². The molecule has 2 aromatic carbocycles. The van der Waals surface area contributed by atoms with Crippen LogP contribution in [0, 0.1) is 0 Å². The van der Waals surface area contributed by atoms with Crippen LogP contribution >= 0.6 is 11.6 Å². The molecule has 0 amide bonds. The zero-order valence-corrected chi connectivity index (χ0v) is 16.3. The van der Waals surface area contributed by atoms with Crippen molar-refractivity contribution >= 4 is 39.2 Å². The summed E-state index contributed by atoms with van der Waals surface area (Å²) in [6, 6.07) is 11.5. The molecule has 0 aromatic heterocycles. The molecule has 154 valence electrons. The Balaban J connectivity index is 1.98. The summed E-state index contributed by atoms with van der Waals surface area (Å²) in [5.74, 6) is 1.54. The lowest BCUT2D eigenvalue weighted by Crippen LogP contribution is -2.40. The Hall–Kier alpha value is -2.49. The van der Waals surface area contributed by atoms with Crippen LogP contribution in [0.2, 0.25) is 5.02 Å². The minimum atomic E-state index is -4.94. The number of alkyl halides is 3. The molecule has 10 heteroatoms. The Bertz CT molecular complexity index is 1080. The molecule has 2 N–H and O–H groups in total. The first-order valence-corrected chi connectivity index (χ1v) is 10.3. The van der Waals surface area contributed by atoms with Crippen LogP contribution in [-0.4, -0.2) is 33.4 Å². The Morgan fingerprint density at radius 2 is 1.93 bits per heavy atom. The highest BCUT2D eigenvalue weighted by Crippen LogP contribution is 2.42. The second kappa shape index (κ2) is 7.74. The zero-order chi connectivity index (χ0) is 21.4. The molecule has 0 bridgehead atoms. The second-order valence-corrected chi connectivity index (χ2v) is 8.77. The molecule has 1 heterocycles. The molecule has 3 rings (SSSR count). The van der Waals surface area contributed by atoms with E-state index in [-0.39, 0.29) is 27.8 Å². The average Bonchev–Trinajstić information content (AvgIpc) is 2.65. The number of benzene rings is 2. The molecule has 0 saturated heterocycles. The lowest BCUT2D eigenvalue weighted by Gasteiger charge is -2.28. The number of ether oxygens (including phenoxy) is 1. The summed E-state index contributed by atoms with van der Waals surface area (Å²) in [6.45, 7) is 0.223. The fraction of sp³-hybridized carbons (Fsp3) is 0.158. The minimum absolute atomic E-state index is 0.0247. The molecule has 1 aliphatic heterocycles. The fourth-order valence-electron chi connectivity index (χ4n) is 2.73. The summed E-state index contributed by atoms with van der Waals surface area (Å²) in [5, 5.41) is 8.91. The Kier molecular flexibility index (Phi) is 5.66. The Morgan fingerprint density at radius 3 is 2.52 bits per heavy atom. The SMILES string of the molecule is C=S(=O)(NCc1ccccc1)c1cc(Cl)c2c(c1)C=C(C(=O)O)C(C(F)(F)F)O2. The highest BCUT2D eigenvalue weighted by Gasteiger charge is 2.48. The van der Waals surface area contributed by atoms with Crippen molar-refractivity contribution in [3.05, 3.63) is 64.2 Å². The quantitative estimate of drug-likeness (QED) is 0.684. The van der Waals surface area contributed by atoms with Gasteiger partial charge in [-0.1, -0.05) is 41.9 Å². The number of carbonyl (C=O) groups is 1. The van der Waals surface area contributed by atoms with Crippen LogP contribution in [0.4, 0.5) is 13.2 Å². The van der Waals surface area contributed by atoms with Crippen molar-refractivity contribution < 1.29 is 32.0 Å². The highest BCUT2D eigenvalue weighted by atomic mass is 35.5. The van der Waals surface area contributed by atoms with E-state index in [4.69, 9.17) is 21.4 Å². The lowest BCUT2D eigenvalue weighted by atomic mass is 10.0. The van der Waals surface area contributed by atoms with E-state index in [1.54, 1.807) is 0 Å². The minimum Gasteiger partial charge on any atom is -0.478 e. The van der Waals surface area contributed by atoms with Gasteiger partial charge in [0.1, 0.15) is 5.75 Å². The molecule has 0 fully saturated rings. The number of nitrogens with one attached hydrogen (secondary N) is 1. The standard InChI is InChI=1S/C19H15ClF3NO4S/c1-29(27,24-10-11-5-3-2-4-6-11)13-7-12-8-14(18(25)26)17(19(21,22)23)28-16(12)15(20)9-13/h2-9,17H,1,10H2,(H,24,27)(H,25,26). The number of fused-ring (bicyclic) bond motifs is 1. The van der Waals surface area contributed by atoms with E-state index in [2.05, 4.69) is 10.6 Å². The van der Waals surface area contributed by atoms with Gasteiger partial charge in [0.25, 0.3) is 0 Å². The number of hydrogen-bond donors (Lipinski definition) is 2. The van der Waals surface area contributed by atoms with E-state index >= 15 is 0 Å². The molecule has 2 unspecified atom stereocenters. The molecular weight excluding hydrogens is 431 g/mol. The van der Waals surface area contributed by atoms with Crippen molar-refractivity contribution in [2.24, 2.45) is 0 Å². The first-order valence-electron chi connectivity index (χ1n) is 8.16. The van der Waals surface area contributed by atoms with Crippen LogP contribution in [0.15, 0.2) is 52.9 Å². The van der Waals surface area contributed by atoms with E-state index in [0.29, 0.717) is 0 Å². The van der Waals surface area contributed by atoms with Gasteiger partial charge in [-0.15, -0.1) is 0 Å². The summed E-state index contributed by atoms with van der Waals surface area (Å²) < 4.78 is 60.2. The molecule has 2 atom stereocenters. The zero-order valence-electron chi connectivity index (χ0n) is 14.7. The van der Waals surface area contributed by atoms with Crippen molar-refractivity contribution in [1.29, 1.82) is 0 Å². The molecular formula is C19H15ClF3NO4S. The van der Waals surface area contributed by atoms with E-state index in [0.717, 1.165) is 11.6 Å². The Labute approximate surface area is 169 Å². The second-order valence-electron chi connectivity index (χ2n) is 6.25. The first kappa shape index (κ1) is 21.2. The predicted molar refractivity (Wildman–Crippen MR) is 104 cm³/mol. The van der Waals surface area contributed by atoms with Gasteiger partial charge in [-0.05, 0) is 29.6 Å². The summed E-state index contributed by atoms with van der Waals surface area (Å²) >= 11 is 6.06. The first-order chi connectivity index (χ1) is 13.5. The summed E-state index contributed by atoms with van der Waals surface area (Å²) in [5.41, 5.74) is -0.174. The smallest absolute Gasteiger partial charge is 0.430 e. The third-order valence-corrected chi connectivity index (χ3v) is 6.04. The van der Waals surface area contributed by atoms with E-state index in [9.17, 15) is 22.2 Å². The predicted octanol–water partition coefficient (Wildman–Crippen LogP) is 3.91. The summed E-state index contributed by atoms with van der Waals surface area (Å²) in [6.07, 6.45) is -6.78. The monoisotopic (exact) mass is 445 g/mol. The van der Waals surface area contributed by atoms with Crippen LogP contribution in [-0.2, 0) is 21.0 Å². The van der Waals surface area contributed by atoms with Gasteiger partial charge in [-0.3, -0.25) is 0 Å². The number of aliphatic carboxylic acids is 1. The molecule has 5 nitrogen and oxygen atoms in total. The number of carboxylic acids is 1. The number of carboxylic acid groups (broad SMARTS) is 1. The molecule has 29 heavy (non-hydrogen) atoms. The number of hydrogen-bond acceptors (Lipinski definition) is 3. The maximum atomic E-state index is 13.2. The average molecular weight is 446 g/mol. The molecule has 2 aromatic rings. The highest BCUT2D eigenvalue weighted by molar-refractivity contribution is 7.98. The van der Waals surface area contributed by atoms with Gasteiger partial charge < -0.3 is 9.84 Å². The van der Waals surface area contributed by atoms with Crippen LogP contribution in [0.1, 0.15) is 11.1 Å². The van der Waals surface area contributed by atoms with Crippen molar-refractivity contribution in [2.45, 2.75) is 23.7 Å². The third kappa shape index (κ3) is 4.58. The number of rotatable bonds is 5. The fourth-order valence-corrected chi connectivity index (χ4v) is 4.26. The van der Waals surface area contributed by atoms with Gasteiger partial charge in [0.05, 0.1) is 20.3 Å². The third-order valence-electron chi connectivity index (χ3n) is 4.15. The van der Waals surface area contributed by atoms with Crippen molar-refractivity contribution in [3.8, 4) is 5.75 Å². The van der Waals surface area contributed by atoms with Gasteiger partial charge in [0.2, 0.25) is 6.10 Å². The molecule has 1 aliphatic rings. The van der Waals surface area contributed by atoms with Crippen molar-refractivity contribution in [1.82, 2.24) is 4.72 Å². The lowest BCUT2D eigenvalue weighted by molar-refractivity contribution is -0.187. The maximum Gasteiger partial charge on any atom is 0.430 e. The molecule has 0 radical (unpaired) electrons. The van der Waals surface area contributed by atoms with Gasteiger partial charge in [-0.2, -0.15) is 13.2 Å². The van der Waals surface area contributed by atoms with Gasteiger partial charge in [0.15, 0.2) is 0 Å². The molecule has 0 aliphatic carbocycles. The van der Waals surface area contributed by atoms with Gasteiger partial charge in [0, 0.05) is 17.0 Å². The van der Waals surface area contributed by atoms with Crippen molar-refractivity contribution in [3.63, 3.8) is 0 Å². The summed E-state index contributed by atoms with van der Waals surface area (Å²) in [7, 11) is -3.08. The summed E-state index contributed by atoms with van der Waals surface area (Å²) in [4.78, 5) is 11.4. The van der Waals surface area contributed by atoms with E-state index in [1.807, 2.05) is 30.3 Å².